The predicted molar refractivity (Wildman–Crippen MR) is 71.5 cm³/mol. The monoisotopic (exact) mass is 263 g/mol. The van der Waals surface area contributed by atoms with Crippen LogP contribution in [0.4, 0.5) is 11.4 Å². The summed E-state index contributed by atoms with van der Waals surface area (Å²) in [4.78, 5) is 13.0. The SMILES string of the molecule is O=[N+]([O-])c1cccc2c1NC(CN1CCOCC1)C2. The Morgan fingerprint density at radius 1 is 1.42 bits per heavy atom. The highest BCUT2D eigenvalue weighted by atomic mass is 16.6. The van der Waals surface area contributed by atoms with Gasteiger partial charge < -0.3 is 10.1 Å². The smallest absolute Gasteiger partial charge is 0.292 e. The van der Waals surface area contributed by atoms with Gasteiger partial charge in [0, 0.05) is 31.7 Å². The molecule has 1 unspecified atom stereocenters. The van der Waals surface area contributed by atoms with Crippen molar-refractivity contribution >= 4 is 11.4 Å². The molecule has 0 amide bonds. The zero-order valence-electron chi connectivity index (χ0n) is 10.7. The molecule has 1 saturated heterocycles. The maximum Gasteiger partial charge on any atom is 0.292 e. The highest BCUT2D eigenvalue weighted by molar-refractivity contribution is 5.69. The third kappa shape index (κ3) is 2.54. The van der Waals surface area contributed by atoms with Gasteiger partial charge >= 0.3 is 0 Å². The average Bonchev–Trinajstić information content (AvgIpc) is 2.81. The van der Waals surface area contributed by atoms with Gasteiger partial charge in [0.05, 0.1) is 18.1 Å². The van der Waals surface area contributed by atoms with Crippen molar-refractivity contribution < 1.29 is 9.66 Å². The van der Waals surface area contributed by atoms with Crippen molar-refractivity contribution in [1.82, 2.24) is 4.90 Å². The lowest BCUT2D eigenvalue weighted by atomic mass is 10.1. The number of hydrogen-bond acceptors (Lipinski definition) is 5. The molecular weight excluding hydrogens is 246 g/mol. The van der Waals surface area contributed by atoms with Gasteiger partial charge in [-0.15, -0.1) is 0 Å². The number of nitrogens with one attached hydrogen (secondary N) is 1. The number of ether oxygens (including phenoxy) is 1. The zero-order valence-corrected chi connectivity index (χ0v) is 10.7. The maximum atomic E-state index is 11.0. The lowest BCUT2D eigenvalue weighted by Gasteiger charge is -2.29. The first-order valence-corrected chi connectivity index (χ1v) is 6.57. The molecule has 0 aliphatic carbocycles. The molecule has 2 aliphatic heterocycles. The summed E-state index contributed by atoms with van der Waals surface area (Å²) in [6, 6.07) is 5.54. The standard InChI is InChI=1S/C13H17N3O3/c17-16(18)12-3-1-2-10-8-11(14-13(10)12)9-15-4-6-19-7-5-15/h1-3,11,14H,4-9H2. The van der Waals surface area contributed by atoms with Crippen LogP contribution in [0.15, 0.2) is 18.2 Å². The third-order valence-electron chi connectivity index (χ3n) is 3.72. The minimum Gasteiger partial charge on any atom is -0.379 e. The van der Waals surface area contributed by atoms with Gasteiger partial charge in [-0.25, -0.2) is 0 Å². The largest absolute Gasteiger partial charge is 0.379 e. The van der Waals surface area contributed by atoms with E-state index in [4.69, 9.17) is 4.74 Å². The van der Waals surface area contributed by atoms with E-state index in [-0.39, 0.29) is 16.7 Å². The van der Waals surface area contributed by atoms with E-state index in [0.29, 0.717) is 5.69 Å². The number of anilines is 1. The molecule has 6 nitrogen and oxygen atoms in total. The zero-order chi connectivity index (χ0) is 13.2. The van der Waals surface area contributed by atoms with Gasteiger partial charge in [0.15, 0.2) is 0 Å². The Bertz CT molecular complexity index is 486. The Hall–Kier alpha value is -1.66. The van der Waals surface area contributed by atoms with E-state index in [9.17, 15) is 10.1 Å². The number of nitro benzene ring substituents is 1. The van der Waals surface area contributed by atoms with E-state index >= 15 is 0 Å². The third-order valence-corrected chi connectivity index (χ3v) is 3.72. The fraction of sp³-hybridized carbons (Fsp3) is 0.538. The molecule has 0 spiro atoms. The fourth-order valence-corrected chi connectivity index (χ4v) is 2.80. The van der Waals surface area contributed by atoms with Crippen molar-refractivity contribution in [3.05, 3.63) is 33.9 Å². The number of rotatable bonds is 3. The Morgan fingerprint density at radius 3 is 2.95 bits per heavy atom. The first-order chi connectivity index (χ1) is 9.24. The van der Waals surface area contributed by atoms with Crippen LogP contribution in [0, 0.1) is 10.1 Å². The summed E-state index contributed by atoms with van der Waals surface area (Å²) < 4.78 is 5.33. The molecule has 0 aromatic heterocycles. The Kier molecular flexibility index (Phi) is 3.35. The van der Waals surface area contributed by atoms with Crippen molar-refractivity contribution in [3.63, 3.8) is 0 Å². The summed E-state index contributed by atoms with van der Waals surface area (Å²) in [6.07, 6.45) is 0.856. The van der Waals surface area contributed by atoms with Crippen LogP contribution in [0.3, 0.4) is 0 Å². The molecule has 1 aromatic carbocycles. The van der Waals surface area contributed by atoms with Crippen LogP contribution >= 0.6 is 0 Å². The summed E-state index contributed by atoms with van der Waals surface area (Å²) in [7, 11) is 0. The van der Waals surface area contributed by atoms with E-state index in [1.54, 1.807) is 12.1 Å². The number of para-hydroxylation sites is 1. The van der Waals surface area contributed by atoms with Gasteiger partial charge in [-0.3, -0.25) is 15.0 Å². The summed E-state index contributed by atoms with van der Waals surface area (Å²) in [6.45, 7) is 4.35. The molecule has 2 heterocycles. The van der Waals surface area contributed by atoms with Crippen LogP contribution in [0.1, 0.15) is 5.56 Å². The fourth-order valence-electron chi connectivity index (χ4n) is 2.80. The molecule has 0 saturated carbocycles. The number of benzene rings is 1. The molecule has 1 atom stereocenters. The number of morpholine rings is 1. The number of nitrogens with zero attached hydrogens (tertiary/aromatic N) is 2. The van der Waals surface area contributed by atoms with Gasteiger partial charge in [-0.05, 0) is 12.0 Å². The number of fused-ring (bicyclic) bond motifs is 1. The summed E-state index contributed by atoms with van der Waals surface area (Å²) >= 11 is 0. The molecule has 3 rings (SSSR count). The molecule has 102 valence electrons. The molecular formula is C13H17N3O3. The van der Waals surface area contributed by atoms with Gasteiger partial charge in [0.1, 0.15) is 5.69 Å². The van der Waals surface area contributed by atoms with E-state index in [1.165, 1.54) is 0 Å². The van der Waals surface area contributed by atoms with Crippen LogP contribution in [-0.2, 0) is 11.2 Å². The van der Waals surface area contributed by atoms with Crippen molar-refractivity contribution in [2.45, 2.75) is 12.5 Å². The molecule has 1 aromatic rings. The van der Waals surface area contributed by atoms with Crippen LogP contribution in [0.2, 0.25) is 0 Å². The topological polar surface area (TPSA) is 67.6 Å². The first-order valence-electron chi connectivity index (χ1n) is 6.57. The molecule has 1 fully saturated rings. The average molecular weight is 263 g/mol. The van der Waals surface area contributed by atoms with Crippen molar-refractivity contribution in [2.75, 3.05) is 38.2 Å². The van der Waals surface area contributed by atoms with Crippen LogP contribution in [0.25, 0.3) is 0 Å². The minimum absolute atomic E-state index is 0.182. The number of hydrogen-bond donors (Lipinski definition) is 1. The van der Waals surface area contributed by atoms with Gasteiger partial charge in [0.2, 0.25) is 0 Å². The van der Waals surface area contributed by atoms with Crippen LogP contribution < -0.4 is 5.32 Å². The molecule has 2 aliphatic rings. The lowest BCUT2D eigenvalue weighted by molar-refractivity contribution is -0.383. The first kappa shape index (κ1) is 12.4. The van der Waals surface area contributed by atoms with E-state index < -0.39 is 0 Å². The van der Waals surface area contributed by atoms with Crippen molar-refractivity contribution in [1.29, 1.82) is 0 Å². The molecule has 19 heavy (non-hydrogen) atoms. The van der Waals surface area contributed by atoms with Gasteiger partial charge in [-0.2, -0.15) is 0 Å². The second-order valence-corrected chi connectivity index (χ2v) is 5.03. The van der Waals surface area contributed by atoms with E-state index in [1.807, 2.05) is 6.07 Å². The molecule has 6 heteroatoms. The summed E-state index contributed by atoms with van der Waals surface area (Å²) in [5, 5.41) is 14.3. The number of nitro groups is 1. The van der Waals surface area contributed by atoms with Crippen molar-refractivity contribution in [2.24, 2.45) is 0 Å². The quantitative estimate of drug-likeness (QED) is 0.657. The highest BCUT2D eigenvalue weighted by Crippen LogP contribution is 2.34. The Morgan fingerprint density at radius 2 is 2.21 bits per heavy atom. The minimum atomic E-state index is -0.317. The molecule has 0 bridgehead atoms. The second-order valence-electron chi connectivity index (χ2n) is 5.03. The predicted octanol–water partition coefficient (Wildman–Crippen LogP) is 1.26. The van der Waals surface area contributed by atoms with Gasteiger partial charge in [-0.1, -0.05) is 12.1 Å². The van der Waals surface area contributed by atoms with Crippen molar-refractivity contribution in [3.8, 4) is 0 Å². The second kappa shape index (κ2) is 5.14. The summed E-state index contributed by atoms with van der Waals surface area (Å²) in [5.41, 5.74) is 1.93. The van der Waals surface area contributed by atoms with Gasteiger partial charge in [0.25, 0.3) is 5.69 Å². The molecule has 0 radical (unpaired) electrons. The lowest BCUT2D eigenvalue weighted by Crippen LogP contribution is -2.42. The molecule has 1 N–H and O–H groups in total. The maximum absolute atomic E-state index is 11.0. The van der Waals surface area contributed by atoms with Crippen LogP contribution in [0.5, 0.6) is 0 Å². The van der Waals surface area contributed by atoms with E-state index in [0.717, 1.165) is 44.8 Å². The Labute approximate surface area is 111 Å². The highest BCUT2D eigenvalue weighted by Gasteiger charge is 2.28. The van der Waals surface area contributed by atoms with E-state index in [2.05, 4.69) is 10.2 Å². The normalized spacial score (nSPS) is 22.8. The Balaban J connectivity index is 1.69. The van der Waals surface area contributed by atoms with Crippen LogP contribution in [-0.4, -0.2) is 48.7 Å². The summed E-state index contributed by atoms with van der Waals surface area (Å²) in [5.74, 6) is 0.